The Bertz CT molecular complexity index is 636. The van der Waals surface area contributed by atoms with E-state index in [-0.39, 0.29) is 0 Å². The number of ether oxygens (including phenoxy) is 1. The number of aryl methyl sites for hydroxylation is 1. The SMILES string of the molecule is COc1ccccc1SCc1nnc2n1CC(C)(C)CC2. The van der Waals surface area contributed by atoms with Gasteiger partial charge in [0.2, 0.25) is 0 Å². The molecule has 1 aliphatic rings. The molecule has 5 heteroatoms. The molecule has 0 aliphatic carbocycles. The van der Waals surface area contributed by atoms with Crippen LogP contribution in [0.25, 0.3) is 0 Å². The van der Waals surface area contributed by atoms with Crippen molar-refractivity contribution < 1.29 is 4.74 Å². The number of methoxy groups -OCH3 is 1. The molecular weight excluding hydrogens is 282 g/mol. The Labute approximate surface area is 129 Å². The lowest BCUT2D eigenvalue weighted by molar-refractivity contribution is 0.244. The van der Waals surface area contributed by atoms with Crippen molar-refractivity contribution in [2.24, 2.45) is 5.41 Å². The van der Waals surface area contributed by atoms with Crippen molar-refractivity contribution in [2.75, 3.05) is 7.11 Å². The average molecular weight is 303 g/mol. The molecule has 4 nitrogen and oxygen atoms in total. The predicted octanol–water partition coefficient (Wildman–Crippen LogP) is 3.55. The highest BCUT2D eigenvalue weighted by atomic mass is 32.2. The van der Waals surface area contributed by atoms with Gasteiger partial charge in [0, 0.05) is 17.9 Å². The minimum absolute atomic E-state index is 0.333. The fourth-order valence-corrected chi connectivity index (χ4v) is 3.65. The number of nitrogens with zero attached hydrogens (tertiary/aromatic N) is 3. The van der Waals surface area contributed by atoms with Crippen molar-refractivity contribution in [1.82, 2.24) is 14.8 Å². The monoisotopic (exact) mass is 303 g/mol. The first-order valence-electron chi connectivity index (χ1n) is 7.26. The Hall–Kier alpha value is -1.49. The normalized spacial score (nSPS) is 16.5. The number of thioether (sulfide) groups is 1. The summed E-state index contributed by atoms with van der Waals surface area (Å²) >= 11 is 1.75. The quantitative estimate of drug-likeness (QED) is 0.810. The topological polar surface area (TPSA) is 39.9 Å². The van der Waals surface area contributed by atoms with E-state index in [2.05, 4.69) is 34.7 Å². The Morgan fingerprint density at radius 2 is 2.10 bits per heavy atom. The van der Waals surface area contributed by atoms with Crippen LogP contribution < -0.4 is 4.74 Å². The fraction of sp³-hybridized carbons (Fsp3) is 0.500. The van der Waals surface area contributed by atoms with E-state index in [9.17, 15) is 0 Å². The molecule has 0 spiro atoms. The molecule has 0 amide bonds. The first-order chi connectivity index (χ1) is 10.1. The molecule has 3 rings (SSSR count). The third kappa shape index (κ3) is 3.07. The van der Waals surface area contributed by atoms with Crippen molar-refractivity contribution in [1.29, 1.82) is 0 Å². The summed E-state index contributed by atoms with van der Waals surface area (Å²) in [4.78, 5) is 1.15. The zero-order chi connectivity index (χ0) is 14.9. The van der Waals surface area contributed by atoms with Crippen LogP contribution in [0.5, 0.6) is 5.75 Å². The number of para-hydroxylation sites is 1. The Morgan fingerprint density at radius 3 is 2.90 bits per heavy atom. The summed E-state index contributed by atoms with van der Waals surface area (Å²) in [5.41, 5.74) is 0.333. The smallest absolute Gasteiger partial charge is 0.143 e. The minimum Gasteiger partial charge on any atom is -0.496 e. The average Bonchev–Trinajstić information content (AvgIpc) is 2.86. The van der Waals surface area contributed by atoms with E-state index >= 15 is 0 Å². The maximum absolute atomic E-state index is 5.40. The second-order valence-electron chi connectivity index (χ2n) is 6.22. The van der Waals surface area contributed by atoms with Crippen molar-refractivity contribution in [2.45, 2.75) is 43.9 Å². The molecule has 0 radical (unpaired) electrons. The summed E-state index contributed by atoms with van der Waals surface area (Å²) in [6.45, 7) is 5.64. The lowest BCUT2D eigenvalue weighted by atomic mass is 9.85. The van der Waals surface area contributed by atoms with Crippen LogP contribution in [0.3, 0.4) is 0 Å². The van der Waals surface area contributed by atoms with Gasteiger partial charge in [-0.15, -0.1) is 22.0 Å². The van der Waals surface area contributed by atoms with Gasteiger partial charge in [-0.05, 0) is 24.0 Å². The fourth-order valence-electron chi connectivity index (χ4n) is 2.68. The highest BCUT2D eigenvalue weighted by molar-refractivity contribution is 7.98. The van der Waals surface area contributed by atoms with Gasteiger partial charge >= 0.3 is 0 Å². The Morgan fingerprint density at radius 1 is 1.29 bits per heavy atom. The van der Waals surface area contributed by atoms with Gasteiger partial charge in [0.05, 0.1) is 12.9 Å². The molecule has 1 aliphatic heterocycles. The molecule has 0 N–H and O–H groups in total. The first kappa shape index (κ1) is 14.4. The first-order valence-corrected chi connectivity index (χ1v) is 8.24. The van der Waals surface area contributed by atoms with E-state index in [1.807, 2.05) is 18.2 Å². The van der Waals surface area contributed by atoms with Crippen LogP contribution in [0.4, 0.5) is 0 Å². The number of hydrogen-bond acceptors (Lipinski definition) is 4. The number of fused-ring (bicyclic) bond motifs is 1. The summed E-state index contributed by atoms with van der Waals surface area (Å²) in [5.74, 6) is 3.93. The lowest BCUT2D eigenvalue weighted by Crippen LogP contribution is -2.28. The molecule has 0 saturated carbocycles. The van der Waals surface area contributed by atoms with Gasteiger partial charge < -0.3 is 9.30 Å². The highest BCUT2D eigenvalue weighted by Gasteiger charge is 2.28. The zero-order valence-corrected chi connectivity index (χ0v) is 13.6. The minimum atomic E-state index is 0.333. The van der Waals surface area contributed by atoms with Crippen LogP contribution in [0.15, 0.2) is 29.2 Å². The number of rotatable bonds is 4. The van der Waals surface area contributed by atoms with Crippen molar-refractivity contribution in [3.63, 3.8) is 0 Å². The molecule has 0 bridgehead atoms. The maximum Gasteiger partial charge on any atom is 0.143 e. The number of aromatic nitrogens is 3. The van der Waals surface area contributed by atoms with E-state index in [4.69, 9.17) is 4.74 Å². The second kappa shape index (κ2) is 5.72. The summed E-state index contributed by atoms with van der Waals surface area (Å²) in [5, 5.41) is 8.73. The van der Waals surface area contributed by atoms with Crippen LogP contribution in [-0.4, -0.2) is 21.9 Å². The third-order valence-corrected chi connectivity index (χ3v) is 4.99. The standard InChI is InChI=1S/C16H21N3OS/c1-16(2)9-8-14-17-18-15(19(14)11-16)10-21-13-7-5-4-6-12(13)20-3/h4-7H,8-11H2,1-3H3. The number of hydrogen-bond donors (Lipinski definition) is 0. The largest absolute Gasteiger partial charge is 0.496 e. The van der Waals surface area contributed by atoms with Gasteiger partial charge in [-0.25, -0.2) is 0 Å². The third-order valence-electron chi connectivity index (χ3n) is 3.94. The molecular formula is C16H21N3OS. The molecule has 112 valence electrons. The van der Waals surface area contributed by atoms with Gasteiger partial charge in [-0.2, -0.15) is 0 Å². The molecule has 1 aromatic carbocycles. The van der Waals surface area contributed by atoms with Crippen LogP contribution in [0.2, 0.25) is 0 Å². The van der Waals surface area contributed by atoms with Gasteiger partial charge in [0.25, 0.3) is 0 Å². The van der Waals surface area contributed by atoms with Gasteiger partial charge in [-0.3, -0.25) is 0 Å². The van der Waals surface area contributed by atoms with E-state index in [1.54, 1.807) is 18.9 Å². The lowest BCUT2D eigenvalue weighted by Gasteiger charge is -2.30. The maximum atomic E-state index is 5.40. The summed E-state index contributed by atoms with van der Waals surface area (Å²) < 4.78 is 7.69. The predicted molar refractivity (Wildman–Crippen MR) is 84.7 cm³/mol. The molecule has 0 saturated heterocycles. The molecule has 0 unspecified atom stereocenters. The Kier molecular flexibility index (Phi) is 3.93. The van der Waals surface area contributed by atoms with Gasteiger partial charge in [-0.1, -0.05) is 26.0 Å². The second-order valence-corrected chi connectivity index (χ2v) is 7.24. The van der Waals surface area contributed by atoms with Crippen molar-refractivity contribution >= 4 is 11.8 Å². The number of benzene rings is 1. The van der Waals surface area contributed by atoms with E-state index in [0.717, 1.165) is 41.0 Å². The summed E-state index contributed by atoms with van der Waals surface area (Å²) in [6, 6.07) is 8.10. The van der Waals surface area contributed by atoms with Crippen molar-refractivity contribution in [3.8, 4) is 5.75 Å². The molecule has 0 atom stereocenters. The van der Waals surface area contributed by atoms with Crippen molar-refractivity contribution in [3.05, 3.63) is 35.9 Å². The van der Waals surface area contributed by atoms with Gasteiger partial charge in [0.15, 0.2) is 0 Å². The van der Waals surface area contributed by atoms with Crippen LogP contribution >= 0.6 is 11.8 Å². The van der Waals surface area contributed by atoms with Crippen LogP contribution in [0.1, 0.15) is 31.9 Å². The Balaban J connectivity index is 1.76. The van der Waals surface area contributed by atoms with Crippen LogP contribution in [-0.2, 0) is 18.7 Å². The van der Waals surface area contributed by atoms with Crippen LogP contribution in [0, 0.1) is 5.41 Å². The van der Waals surface area contributed by atoms with E-state index < -0.39 is 0 Å². The molecule has 1 aromatic heterocycles. The van der Waals surface area contributed by atoms with E-state index in [0.29, 0.717) is 5.41 Å². The molecule has 2 aromatic rings. The zero-order valence-electron chi connectivity index (χ0n) is 12.8. The highest BCUT2D eigenvalue weighted by Crippen LogP contribution is 2.34. The van der Waals surface area contributed by atoms with E-state index in [1.165, 1.54) is 6.42 Å². The molecule has 2 heterocycles. The summed E-state index contributed by atoms with van der Waals surface area (Å²) in [6.07, 6.45) is 2.21. The molecule has 21 heavy (non-hydrogen) atoms. The molecule has 0 fully saturated rings. The summed E-state index contributed by atoms with van der Waals surface area (Å²) in [7, 11) is 1.71. The van der Waals surface area contributed by atoms with Gasteiger partial charge in [0.1, 0.15) is 17.4 Å².